The Labute approximate surface area is 208 Å². The van der Waals surface area contributed by atoms with E-state index in [1.807, 2.05) is 54.6 Å². The van der Waals surface area contributed by atoms with Crippen molar-refractivity contribution < 1.29 is 24.3 Å². The molecule has 0 saturated heterocycles. The van der Waals surface area contributed by atoms with Crippen LogP contribution in [0.4, 0.5) is 0 Å². The SMILES string of the molecule is O=C(O)[C@@H]1CCC=CN1C(=O)C(Cc1ccc(-c2ccccc2)cc1)N1C(=O)c2ccccc2C1=O. The molecule has 2 aliphatic rings. The van der Waals surface area contributed by atoms with E-state index in [9.17, 15) is 24.3 Å². The summed E-state index contributed by atoms with van der Waals surface area (Å²) in [5.41, 5.74) is 3.26. The highest BCUT2D eigenvalue weighted by Gasteiger charge is 2.45. The zero-order chi connectivity index (χ0) is 25.2. The minimum absolute atomic E-state index is 0.0655. The largest absolute Gasteiger partial charge is 0.480 e. The van der Waals surface area contributed by atoms with Crippen molar-refractivity contribution in [3.05, 3.63) is 108 Å². The maximum absolute atomic E-state index is 13.8. The van der Waals surface area contributed by atoms with Crippen LogP contribution in [0.2, 0.25) is 0 Å². The van der Waals surface area contributed by atoms with Crippen LogP contribution >= 0.6 is 0 Å². The van der Waals surface area contributed by atoms with E-state index in [1.165, 1.54) is 6.20 Å². The summed E-state index contributed by atoms with van der Waals surface area (Å²) in [7, 11) is 0. The quantitative estimate of drug-likeness (QED) is 0.535. The number of aliphatic carboxylic acids is 1. The van der Waals surface area contributed by atoms with Gasteiger partial charge in [-0.05, 0) is 41.7 Å². The summed E-state index contributed by atoms with van der Waals surface area (Å²) < 4.78 is 0. The van der Waals surface area contributed by atoms with Gasteiger partial charge in [0.15, 0.2) is 0 Å². The summed E-state index contributed by atoms with van der Waals surface area (Å²) in [4.78, 5) is 54.4. The maximum Gasteiger partial charge on any atom is 0.326 e. The second-order valence-electron chi connectivity index (χ2n) is 8.87. The molecule has 0 radical (unpaired) electrons. The molecular weight excluding hydrogens is 456 g/mol. The second kappa shape index (κ2) is 9.62. The lowest BCUT2D eigenvalue weighted by Crippen LogP contribution is -2.54. The van der Waals surface area contributed by atoms with Crippen molar-refractivity contribution in [2.75, 3.05) is 0 Å². The number of carbonyl (C=O) groups excluding carboxylic acids is 3. The summed E-state index contributed by atoms with van der Waals surface area (Å²) in [5.74, 6) is -2.83. The number of allylic oxidation sites excluding steroid dienone is 1. The van der Waals surface area contributed by atoms with E-state index in [4.69, 9.17) is 0 Å². The molecule has 3 aromatic carbocycles. The van der Waals surface area contributed by atoms with Gasteiger partial charge in [0.25, 0.3) is 17.7 Å². The Kier molecular flexibility index (Phi) is 6.21. The molecule has 7 heteroatoms. The van der Waals surface area contributed by atoms with Gasteiger partial charge in [-0.15, -0.1) is 0 Å². The van der Waals surface area contributed by atoms with Gasteiger partial charge in [-0.1, -0.05) is 72.8 Å². The number of carboxylic acid groups (broad SMARTS) is 1. The molecule has 0 bridgehead atoms. The Morgan fingerprint density at radius 3 is 2.03 bits per heavy atom. The molecular formula is C29H24N2O5. The molecule has 1 unspecified atom stereocenters. The predicted octanol–water partition coefficient (Wildman–Crippen LogP) is 4.15. The lowest BCUT2D eigenvalue weighted by atomic mass is 9.98. The molecule has 0 aromatic heterocycles. The van der Waals surface area contributed by atoms with Gasteiger partial charge in [0.05, 0.1) is 11.1 Å². The average molecular weight is 481 g/mol. The molecule has 180 valence electrons. The van der Waals surface area contributed by atoms with Gasteiger partial charge < -0.3 is 10.0 Å². The predicted molar refractivity (Wildman–Crippen MR) is 133 cm³/mol. The molecule has 2 aliphatic heterocycles. The molecule has 0 fully saturated rings. The third-order valence-corrected chi connectivity index (χ3v) is 6.66. The first-order valence-corrected chi connectivity index (χ1v) is 11.8. The van der Waals surface area contributed by atoms with E-state index in [0.29, 0.717) is 6.42 Å². The number of hydrogen-bond donors (Lipinski definition) is 1. The number of carbonyl (C=O) groups is 4. The van der Waals surface area contributed by atoms with Gasteiger partial charge >= 0.3 is 5.97 Å². The average Bonchev–Trinajstić information content (AvgIpc) is 3.17. The first-order chi connectivity index (χ1) is 17.5. The third-order valence-electron chi connectivity index (χ3n) is 6.66. The summed E-state index contributed by atoms with van der Waals surface area (Å²) >= 11 is 0. The molecule has 36 heavy (non-hydrogen) atoms. The van der Waals surface area contributed by atoms with Crippen molar-refractivity contribution in [2.24, 2.45) is 0 Å². The second-order valence-corrected chi connectivity index (χ2v) is 8.87. The number of amides is 3. The number of nitrogens with zero attached hydrogens (tertiary/aromatic N) is 2. The van der Waals surface area contributed by atoms with Crippen molar-refractivity contribution in [1.82, 2.24) is 9.80 Å². The first kappa shape index (κ1) is 23.2. The van der Waals surface area contributed by atoms with Crippen LogP contribution in [0.1, 0.15) is 39.1 Å². The number of rotatable bonds is 6. The smallest absolute Gasteiger partial charge is 0.326 e. The molecule has 2 atom stereocenters. The van der Waals surface area contributed by atoms with E-state index in [-0.39, 0.29) is 24.0 Å². The van der Waals surface area contributed by atoms with Crippen molar-refractivity contribution in [3.8, 4) is 11.1 Å². The van der Waals surface area contributed by atoms with Gasteiger partial charge in [0.1, 0.15) is 12.1 Å². The van der Waals surface area contributed by atoms with E-state index in [1.54, 1.807) is 30.3 Å². The fourth-order valence-corrected chi connectivity index (χ4v) is 4.79. The van der Waals surface area contributed by atoms with Crippen LogP contribution in [0.3, 0.4) is 0 Å². The van der Waals surface area contributed by atoms with Crippen molar-refractivity contribution in [1.29, 1.82) is 0 Å². The lowest BCUT2D eigenvalue weighted by molar-refractivity contribution is -0.149. The summed E-state index contributed by atoms with van der Waals surface area (Å²) in [6.07, 6.45) is 4.04. The van der Waals surface area contributed by atoms with Crippen LogP contribution in [-0.2, 0) is 16.0 Å². The van der Waals surface area contributed by atoms with Gasteiger partial charge in [-0.2, -0.15) is 0 Å². The van der Waals surface area contributed by atoms with Gasteiger partial charge in [0, 0.05) is 12.6 Å². The molecule has 0 spiro atoms. The van der Waals surface area contributed by atoms with Crippen LogP contribution in [0.5, 0.6) is 0 Å². The third kappa shape index (κ3) is 4.20. The van der Waals surface area contributed by atoms with Gasteiger partial charge in [-0.25, -0.2) is 4.79 Å². The van der Waals surface area contributed by atoms with Crippen molar-refractivity contribution in [3.63, 3.8) is 0 Å². The minimum Gasteiger partial charge on any atom is -0.480 e. The van der Waals surface area contributed by atoms with E-state index >= 15 is 0 Å². The standard InChI is InChI=1S/C29H24N2O5/c32-26-22-10-4-5-11-23(22)27(33)31(26)25(28(34)30-17-7-6-12-24(30)29(35)36)18-19-13-15-21(16-14-19)20-8-2-1-3-9-20/h1-5,7-11,13-17,24-25H,6,12,18H2,(H,35,36)/t24-,25?/m0/s1. The monoisotopic (exact) mass is 480 g/mol. The fourth-order valence-electron chi connectivity index (χ4n) is 4.79. The first-order valence-electron chi connectivity index (χ1n) is 11.8. The Bertz CT molecular complexity index is 1330. The molecule has 3 aromatic rings. The van der Waals surface area contributed by atoms with E-state index in [0.717, 1.165) is 26.5 Å². The molecule has 2 heterocycles. The highest BCUT2D eigenvalue weighted by molar-refractivity contribution is 6.23. The van der Waals surface area contributed by atoms with Crippen molar-refractivity contribution in [2.45, 2.75) is 31.3 Å². The fraction of sp³-hybridized carbons (Fsp3) is 0.172. The maximum atomic E-state index is 13.8. The number of imide groups is 1. The normalized spacial score (nSPS) is 17.7. The van der Waals surface area contributed by atoms with Gasteiger partial charge in [-0.3, -0.25) is 19.3 Å². The summed E-state index contributed by atoms with van der Waals surface area (Å²) in [5, 5.41) is 9.70. The Balaban J connectivity index is 1.50. The number of hydrogen-bond acceptors (Lipinski definition) is 4. The Morgan fingerprint density at radius 2 is 1.42 bits per heavy atom. The number of fused-ring (bicyclic) bond motifs is 1. The van der Waals surface area contributed by atoms with Crippen molar-refractivity contribution >= 4 is 23.7 Å². The zero-order valence-electron chi connectivity index (χ0n) is 19.4. The molecule has 5 rings (SSSR count). The zero-order valence-corrected chi connectivity index (χ0v) is 19.4. The highest BCUT2D eigenvalue weighted by Crippen LogP contribution is 2.29. The van der Waals surface area contributed by atoms with Crippen LogP contribution in [0.15, 0.2) is 91.1 Å². The van der Waals surface area contributed by atoms with Crippen LogP contribution in [-0.4, -0.2) is 50.7 Å². The van der Waals surface area contributed by atoms with Crippen LogP contribution in [0, 0.1) is 0 Å². The molecule has 7 nitrogen and oxygen atoms in total. The van der Waals surface area contributed by atoms with E-state index < -0.39 is 35.8 Å². The summed E-state index contributed by atoms with van der Waals surface area (Å²) in [6.45, 7) is 0. The van der Waals surface area contributed by atoms with Gasteiger partial charge in [0.2, 0.25) is 0 Å². The topological polar surface area (TPSA) is 95.0 Å². The highest BCUT2D eigenvalue weighted by atomic mass is 16.4. The van der Waals surface area contributed by atoms with E-state index in [2.05, 4.69) is 0 Å². The van der Waals surface area contributed by atoms with Crippen LogP contribution < -0.4 is 0 Å². The molecule has 0 saturated carbocycles. The Morgan fingerprint density at radius 1 is 0.833 bits per heavy atom. The Hall–Kier alpha value is -4.52. The molecule has 1 N–H and O–H groups in total. The molecule has 3 amide bonds. The lowest BCUT2D eigenvalue weighted by Gasteiger charge is -2.34. The van der Waals surface area contributed by atoms with Crippen LogP contribution in [0.25, 0.3) is 11.1 Å². The minimum atomic E-state index is -1.19. The number of carboxylic acids is 1. The summed E-state index contributed by atoms with van der Waals surface area (Å²) in [6, 6.07) is 21.6. The molecule has 0 aliphatic carbocycles. The number of benzene rings is 3.